The quantitative estimate of drug-likeness (QED) is 0.578. The van der Waals surface area contributed by atoms with Crippen LogP contribution in [0.5, 0.6) is 0 Å². The molecule has 32 heavy (non-hydrogen) atoms. The van der Waals surface area contributed by atoms with Crippen LogP contribution in [0, 0.1) is 0 Å². The molecular weight excluding hydrogens is 472 g/mol. The molecule has 2 aliphatic heterocycles. The van der Waals surface area contributed by atoms with Crippen molar-refractivity contribution in [2.75, 3.05) is 51.9 Å². The third kappa shape index (κ3) is 5.26. The Labute approximate surface area is 197 Å². The number of nitrogens with zero attached hydrogens (tertiary/aromatic N) is 4. The lowest BCUT2D eigenvalue weighted by atomic mass is 10.0. The van der Waals surface area contributed by atoms with Gasteiger partial charge in [0.05, 0.1) is 36.0 Å². The molecule has 1 unspecified atom stereocenters. The molecule has 2 aliphatic rings. The largest absolute Gasteiger partial charge is 0.379 e. The first-order valence-corrected chi connectivity index (χ1v) is 14.5. The van der Waals surface area contributed by atoms with Gasteiger partial charge in [0.1, 0.15) is 0 Å². The first kappa shape index (κ1) is 23.8. The molecule has 11 heteroatoms. The van der Waals surface area contributed by atoms with Gasteiger partial charge in [-0.15, -0.1) is 0 Å². The Hall–Kier alpha value is -1.30. The Morgan fingerprint density at radius 1 is 1.19 bits per heavy atom. The predicted molar refractivity (Wildman–Crippen MR) is 126 cm³/mol. The minimum absolute atomic E-state index is 0.269. The molecule has 8 nitrogen and oxygen atoms in total. The van der Waals surface area contributed by atoms with Crippen LogP contribution < -0.4 is 0 Å². The second-order valence-electron chi connectivity index (χ2n) is 8.25. The van der Waals surface area contributed by atoms with Gasteiger partial charge in [0.25, 0.3) is 0 Å². The zero-order chi connectivity index (χ0) is 22.9. The highest BCUT2D eigenvalue weighted by Gasteiger charge is 2.30. The van der Waals surface area contributed by atoms with E-state index in [1.807, 2.05) is 10.7 Å². The zero-order valence-electron chi connectivity index (χ0n) is 18.4. The minimum atomic E-state index is -3.33. The smallest absolute Gasteiger partial charge is 0.211 e. The number of aromatic nitrogens is 2. The van der Waals surface area contributed by atoms with Crippen LogP contribution in [0.4, 0.5) is 0 Å². The molecule has 0 spiro atoms. The van der Waals surface area contributed by atoms with Gasteiger partial charge in [0.2, 0.25) is 10.0 Å². The number of benzene rings is 1. The van der Waals surface area contributed by atoms with Crippen LogP contribution in [0.3, 0.4) is 0 Å². The Bertz CT molecular complexity index is 1110. The van der Waals surface area contributed by atoms with Crippen molar-refractivity contribution in [3.8, 4) is 11.3 Å². The summed E-state index contributed by atoms with van der Waals surface area (Å²) < 4.78 is 45.8. The van der Waals surface area contributed by atoms with E-state index in [1.54, 1.807) is 18.4 Å². The van der Waals surface area contributed by atoms with Crippen molar-refractivity contribution < 1.29 is 17.4 Å². The number of ether oxygens (including phenoxy) is 1. The van der Waals surface area contributed by atoms with Crippen molar-refractivity contribution in [1.29, 1.82) is 0 Å². The summed E-state index contributed by atoms with van der Waals surface area (Å²) in [4.78, 5) is 3.00. The van der Waals surface area contributed by atoms with Gasteiger partial charge >= 0.3 is 0 Å². The zero-order valence-corrected chi connectivity index (χ0v) is 20.8. The second-order valence-corrected chi connectivity index (χ2v) is 12.0. The summed E-state index contributed by atoms with van der Waals surface area (Å²) in [6.07, 6.45) is 4.39. The Balaban J connectivity index is 1.68. The Morgan fingerprint density at radius 3 is 2.62 bits per heavy atom. The number of morpholine rings is 1. The molecule has 0 aliphatic carbocycles. The van der Waals surface area contributed by atoms with E-state index >= 15 is 0 Å². The molecule has 0 bridgehead atoms. The molecule has 2 aromatic rings. The van der Waals surface area contributed by atoms with Crippen LogP contribution in [0.15, 0.2) is 23.1 Å². The van der Waals surface area contributed by atoms with Crippen LogP contribution in [0.2, 0.25) is 5.02 Å². The van der Waals surface area contributed by atoms with Crippen molar-refractivity contribution >= 4 is 32.4 Å². The van der Waals surface area contributed by atoms with Crippen molar-refractivity contribution in [3.05, 3.63) is 34.5 Å². The molecule has 1 aromatic heterocycles. The predicted octanol–water partition coefficient (Wildman–Crippen LogP) is 1.98. The highest BCUT2D eigenvalue weighted by molar-refractivity contribution is 7.88. The number of hydrogen-bond donors (Lipinski definition) is 0. The van der Waals surface area contributed by atoms with Gasteiger partial charge in [-0.25, -0.2) is 8.42 Å². The van der Waals surface area contributed by atoms with E-state index in [0.717, 1.165) is 62.6 Å². The number of aryl methyl sites for hydroxylation is 1. The summed E-state index contributed by atoms with van der Waals surface area (Å²) in [5, 5.41) is 5.42. The fraction of sp³-hybridized carbons (Fsp3) is 0.571. The first-order chi connectivity index (χ1) is 15.2. The molecule has 1 aromatic carbocycles. The van der Waals surface area contributed by atoms with Gasteiger partial charge in [-0.05, 0) is 18.6 Å². The SMILES string of the molecule is CS(=O)c1cc(Cl)ccc1-c1nn(CCCN2CCOCC2)c2c1CN(S(C)(=O)=O)CC2. The van der Waals surface area contributed by atoms with E-state index < -0.39 is 20.8 Å². The number of fused-ring (bicyclic) bond motifs is 1. The molecule has 0 N–H and O–H groups in total. The van der Waals surface area contributed by atoms with Crippen molar-refractivity contribution in [1.82, 2.24) is 19.0 Å². The lowest BCUT2D eigenvalue weighted by Gasteiger charge is -2.27. The summed E-state index contributed by atoms with van der Waals surface area (Å²) >= 11 is 6.16. The number of halogens is 1. The fourth-order valence-electron chi connectivity index (χ4n) is 4.35. The topological polar surface area (TPSA) is 84.7 Å². The molecule has 1 fully saturated rings. The highest BCUT2D eigenvalue weighted by Crippen LogP contribution is 2.35. The molecule has 0 radical (unpaired) electrons. The van der Waals surface area contributed by atoms with Crippen LogP contribution >= 0.6 is 11.6 Å². The molecule has 0 amide bonds. The monoisotopic (exact) mass is 500 g/mol. The third-order valence-electron chi connectivity index (χ3n) is 6.02. The van der Waals surface area contributed by atoms with Crippen LogP contribution in [0.1, 0.15) is 17.7 Å². The number of sulfonamides is 1. The van der Waals surface area contributed by atoms with Crippen LogP contribution in [0.25, 0.3) is 11.3 Å². The molecular formula is C21H29ClN4O4S2. The van der Waals surface area contributed by atoms with E-state index in [2.05, 4.69) is 4.90 Å². The maximum absolute atomic E-state index is 12.4. The van der Waals surface area contributed by atoms with Crippen molar-refractivity contribution in [2.45, 2.75) is 30.8 Å². The summed E-state index contributed by atoms with van der Waals surface area (Å²) in [6, 6.07) is 5.29. The first-order valence-electron chi connectivity index (χ1n) is 10.7. The van der Waals surface area contributed by atoms with Gasteiger partial charge < -0.3 is 4.74 Å². The fourth-order valence-corrected chi connectivity index (χ4v) is 6.14. The number of rotatable bonds is 7. The second kappa shape index (κ2) is 9.90. The summed E-state index contributed by atoms with van der Waals surface area (Å²) in [6.45, 7) is 5.86. The summed E-state index contributed by atoms with van der Waals surface area (Å²) in [5.41, 5.74) is 3.39. The Kier molecular flexibility index (Phi) is 7.38. The van der Waals surface area contributed by atoms with Gasteiger partial charge in [0.15, 0.2) is 0 Å². The molecule has 3 heterocycles. The average molecular weight is 501 g/mol. The molecule has 4 rings (SSSR count). The van der Waals surface area contributed by atoms with E-state index in [1.165, 1.54) is 10.6 Å². The third-order valence-corrected chi connectivity index (χ3v) is 8.47. The van der Waals surface area contributed by atoms with E-state index in [-0.39, 0.29) is 6.54 Å². The molecule has 1 atom stereocenters. The van der Waals surface area contributed by atoms with Crippen molar-refractivity contribution in [3.63, 3.8) is 0 Å². The van der Waals surface area contributed by atoms with E-state index in [0.29, 0.717) is 28.6 Å². The summed E-state index contributed by atoms with van der Waals surface area (Å²) in [5.74, 6) is 0. The maximum Gasteiger partial charge on any atom is 0.211 e. The van der Waals surface area contributed by atoms with Gasteiger partial charge in [-0.2, -0.15) is 9.40 Å². The lowest BCUT2D eigenvalue weighted by Crippen LogP contribution is -2.37. The van der Waals surface area contributed by atoms with Gasteiger partial charge in [-0.1, -0.05) is 17.7 Å². The van der Waals surface area contributed by atoms with Gasteiger partial charge in [0, 0.05) is 78.7 Å². The van der Waals surface area contributed by atoms with Gasteiger partial charge in [-0.3, -0.25) is 13.8 Å². The normalized spacial score (nSPS) is 19.1. The average Bonchev–Trinajstić information content (AvgIpc) is 3.11. The standard InChI is InChI=1S/C21H29ClN4O4S2/c1-31(27)20-14-16(22)4-5-17(20)21-18-15-25(32(2,28)29)9-6-19(18)26(23-21)8-3-7-24-10-12-30-13-11-24/h4-5,14H,3,6-13,15H2,1-2H3. The van der Waals surface area contributed by atoms with E-state index in [9.17, 15) is 12.6 Å². The van der Waals surface area contributed by atoms with Crippen LogP contribution in [-0.4, -0.2) is 83.5 Å². The summed E-state index contributed by atoms with van der Waals surface area (Å²) in [7, 11) is -4.59. The Morgan fingerprint density at radius 2 is 1.94 bits per heavy atom. The maximum atomic E-state index is 12.4. The van der Waals surface area contributed by atoms with Crippen molar-refractivity contribution in [2.24, 2.45) is 0 Å². The molecule has 176 valence electrons. The van der Waals surface area contributed by atoms with E-state index in [4.69, 9.17) is 21.4 Å². The lowest BCUT2D eigenvalue weighted by molar-refractivity contribution is 0.0368. The highest BCUT2D eigenvalue weighted by atomic mass is 35.5. The number of hydrogen-bond acceptors (Lipinski definition) is 6. The van der Waals surface area contributed by atoms with Crippen LogP contribution in [-0.2, 0) is 45.1 Å². The minimum Gasteiger partial charge on any atom is -0.379 e. The molecule has 0 saturated carbocycles. The molecule has 1 saturated heterocycles.